The number of fused-ring (bicyclic) bond motifs is 1. The van der Waals surface area contributed by atoms with Gasteiger partial charge in [-0.05, 0) is 36.3 Å². The molecule has 1 heterocycles. The smallest absolute Gasteiger partial charge is 0.0427 e. The molecule has 3 rings (SSSR count). The van der Waals surface area contributed by atoms with Gasteiger partial charge in [0.15, 0.2) is 0 Å². The molecule has 0 bridgehead atoms. The highest BCUT2D eigenvalue weighted by Gasteiger charge is 2.17. The molecule has 2 aromatic rings. The fourth-order valence-electron chi connectivity index (χ4n) is 2.96. The minimum absolute atomic E-state index is 0.979. The minimum atomic E-state index is 0.979. The summed E-state index contributed by atoms with van der Waals surface area (Å²) in [7, 11) is 6.37. The van der Waals surface area contributed by atoms with Crippen molar-refractivity contribution in [3.05, 3.63) is 77.0 Å². The highest BCUT2D eigenvalue weighted by Crippen LogP contribution is 2.31. The van der Waals surface area contributed by atoms with Crippen LogP contribution in [0, 0.1) is 0 Å². The first-order chi connectivity index (χ1) is 10.1. The third-order valence-corrected chi connectivity index (χ3v) is 3.81. The fourth-order valence-corrected chi connectivity index (χ4v) is 2.96. The van der Waals surface area contributed by atoms with Crippen LogP contribution in [-0.4, -0.2) is 30.9 Å². The average molecular weight is 278 g/mol. The molecule has 1 aliphatic rings. The largest absolute Gasteiger partial charge is 0.376 e. The van der Waals surface area contributed by atoms with Gasteiger partial charge in [-0.3, -0.25) is 0 Å². The SMILES string of the molecule is CN(C)Cc1ccc2c(c1)CN(C)C=C2c1ccccc1. The molecule has 0 N–H and O–H groups in total. The van der Waals surface area contributed by atoms with E-state index in [1.54, 1.807) is 0 Å². The van der Waals surface area contributed by atoms with Crippen LogP contribution in [0.5, 0.6) is 0 Å². The Morgan fingerprint density at radius 1 is 1.05 bits per heavy atom. The predicted molar refractivity (Wildman–Crippen MR) is 88.8 cm³/mol. The van der Waals surface area contributed by atoms with E-state index in [1.165, 1.54) is 27.8 Å². The summed E-state index contributed by atoms with van der Waals surface area (Å²) in [5.74, 6) is 0. The Bertz CT molecular complexity index is 657. The summed E-state index contributed by atoms with van der Waals surface area (Å²) in [6.45, 7) is 1.97. The molecule has 1 aliphatic heterocycles. The standard InChI is InChI=1S/C19H22N2/c1-20(2)12-15-9-10-18-17(11-15)13-21(3)14-19(18)16-7-5-4-6-8-16/h4-11,14H,12-13H2,1-3H3. The Balaban J connectivity index is 2.02. The fraction of sp³-hybridized carbons (Fsp3) is 0.263. The van der Waals surface area contributed by atoms with Crippen molar-refractivity contribution in [1.29, 1.82) is 0 Å². The highest BCUT2D eigenvalue weighted by atomic mass is 15.1. The van der Waals surface area contributed by atoms with E-state index in [9.17, 15) is 0 Å². The number of nitrogens with zero attached hydrogens (tertiary/aromatic N) is 2. The van der Waals surface area contributed by atoms with Crippen molar-refractivity contribution in [2.75, 3.05) is 21.1 Å². The van der Waals surface area contributed by atoms with Gasteiger partial charge in [0.25, 0.3) is 0 Å². The van der Waals surface area contributed by atoms with Crippen LogP contribution >= 0.6 is 0 Å². The van der Waals surface area contributed by atoms with Gasteiger partial charge >= 0.3 is 0 Å². The molecular weight excluding hydrogens is 256 g/mol. The summed E-state index contributed by atoms with van der Waals surface area (Å²) in [5.41, 5.74) is 6.75. The lowest BCUT2D eigenvalue weighted by Crippen LogP contribution is -2.18. The molecule has 0 saturated carbocycles. The van der Waals surface area contributed by atoms with Gasteiger partial charge in [-0.1, -0.05) is 48.5 Å². The minimum Gasteiger partial charge on any atom is -0.376 e. The average Bonchev–Trinajstić information content (AvgIpc) is 2.46. The third-order valence-electron chi connectivity index (χ3n) is 3.81. The Morgan fingerprint density at radius 3 is 2.52 bits per heavy atom. The van der Waals surface area contributed by atoms with Crippen molar-refractivity contribution in [3.8, 4) is 0 Å². The Labute approximate surface area is 127 Å². The van der Waals surface area contributed by atoms with Crippen molar-refractivity contribution in [2.45, 2.75) is 13.1 Å². The van der Waals surface area contributed by atoms with Crippen molar-refractivity contribution >= 4 is 5.57 Å². The van der Waals surface area contributed by atoms with Gasteiger partial charge in [-0.15, -0.1) is 0 Å². The molecule has 0 amide bonds. The number of hydrogen-bond acceptors (Lipinski definition) is 2. The maximum Gasteiger partial charge on any atom is 0.0427 e. The lowest BCUT2D eigenvalue weighted by Gasteiger charge is -2.27. The zero-order valence-corrected chi connectivity index (χ0v) is 13.0. The molecule has 0 spiro atoms. The van der Waals surface area contributed by atoms with E-state index in [1.807, 2.05) is 0 Å². The quantitative estimate of drug-likeness (QED) is 0.846. The molecule has 2 nitrogen and oxygen atoms in total. The second-order valence-electron chi connectivity index (χ2n) is 6.05. The van der Waals surface area contributed by atoms with E-state index in [2.05, 4.69) is 85.7 Å². The van der Waals surface area contributed by atoms with Gasteiger partial charge in [0, 0.05) is 31.9 Å². The first kappa shape index (κ1) is 13.9. The molecule has 108 valence electrons. The summed E-state index contributed by atoms with van der Waals surface area (Å²) in [5, 5.41) is 0. The van der Waals surface area contributed by atoms with E-state index in [0.29, 0.717) is 0 Å². The number of hydrogen-bond donors (Lipinski definition) is 0. The lowest BCUT2D eigenvalue weighted by molar-refractivity contribution is 0.401. The molecule has 0 unspecified atom stereocenters. The van der Waals surface area contributed by atoms with E-state index in [0.717, 1.165) is 13.1 Å². The molecule has 2 aromatic carbocycles. The van der Waals surface area contributed by atoms with Crippen molar-refractivity contribution < 1.29 is 0 Å². The summed E-state index contributed by atoms with van der Waals surface area (Å²) >= 11 is 0. The summed E-state index contributed by atoms with van der Waals surface area (Å²) in [6.07, 6.45) is 2.25. The third kappa shape index (κ3) is 3.01. The van der Waals surface area contributed by atoms with Crippen LogP contribution in [-0.2, 0) is 13.1 Å². The van der Waals surface area contributed by atoms with E-state index in [4.69, 9.17) is 0 Å². The van der Waals surface area contributed by atoms with Crippen LogP contribution in [0.1, 0.15) is 22.3 Å². The lowest BCUT2D eigenvalue weighted by atomic mass is 9.90. The van der Waals surface area contributed by atoms with Gasteiger partial charge in [0.1, 0.15) is 0 Å². The number of rotatable bonds is 3. The van der Waals surface area contributed by atoms with E-state index >= 15 is 0 Å². The van der Waals surface area contributed by atoms with Crippen LogP contribution in [0.4, 0.5) is 0 Å². The van der Waals surface area contributed by atoms with Gasteiger partial charge < -0.3 is 9.80 Å². The summed E-state index contributed by atoms with van der Waals surface area (Å²) in [6, 6.07) is 17.5. The zero-order valence-electron chi connectivity index (χ0n) is 13.0. The zero-order chi connectivity index (χ0) is 14.8. The number of benzene rings is 2. The van der Waals surface area contributed by atoms with E-state index in [-0.39, 0.29) is 0 Å². The van der Waals surface area contributed by atoms with Crippen molar-refractivity contribution in [3.63, 3.8) is 0 Å². The van der Waals surface area contributed by atoms with Crippen LogP contribution in [0.15, 0.2) is 54.7 Å². The molecule has 0 atom stereocenters. The molecular formula is C19H22N2. The van der Waals surface area contributed by atoms with Gasteiger partial charge in [-0.2, -0.15) is 0 Å². The second kappa shape index (κ2) is 5.74. The van der Waals surface area contributed by atoms with E-state index < -0.39 is 0 Å². The molecule has 0 saturated heterocycles. The van der Waals surface area contributed by atoms with Gasteiger partial charge in [0.2, 0.25) is 0 Å². The van der Waals surface area contributed by atoms with Crippen molar-refractivity contribution in [1.82, 2.24) is 9.80 Å². The Hall–Kier alpha value is -2.06. The molecule has 0 aliphatic carbocycles. The summed E-state index contributed by atoms with van der Waals surface area (Å²) in [4.78, 5) is 4.48. The highest BCUT2D eigenvalue weighted by molar-refractivity contribution is 5.82. The predicted octanol–water partition coefficient (Wildman–Crippen LogP) is 3.58. The van der Waals surface area contributed by atoms with Gasteiger partial charge in [-0.25, -0.2) is 0 Å². The first-order valence-electron chi connectivity index (χ1n) is 7.38. The molecule has 21 heavy (non-hydrogen) atoms. The maximum atomic E-state index is 2.35. The maximum absolute atomic E-state index is 2.35. The van der Waals surface area contributed by atoms with Crippen LogP contribution in [0.3, 0.4) is 0 Å². The van der Waals surface area contributed by atoms with Gasteiger partial charge in [0.05, 0.1) is 0 Å². The first-order valence-corrected chi connectivity index (χ1v) is 7.38. The second-order valence-corrected chi connectivity index (χ2v) is 6.05. The monoisotopic (exact) mass is 278 g/mol. The molecule has 2 heteroatoms. The Kier molecular flexibility index (Phi) is 3.80. The molecule has 0 aromatic heterocycles. The molecule has 0 radical (unpaired) electrons. The van der Waals surface area contributed by atoms with Crippen LogP contribution in [0.25, 0.3) is 5.57 Å². The van der Waals surface area contributed by atoms with Crippen molar-refractivity contribution in [2.24, 2.45) is 0 Å². The topological polar surface area (TPSA) is 6.48 Å². The van der Waals surface area contributed by atoms with Crippen LogP contribution < -0.4 is 0 Å². The normalized spacial score (nSPS) is 14.1. The van der Waals surface area contributed by atoms with Crippen LogP contribution in [0.2, 0.25) is 0 Å². The summed E-state index contributed by atoms with van der Waals surface area (Å²) < 4.78 is 0. The molecule has 0 fully saturated rings. The Morgan fingerprint density at radius 2 is 1.81 bits per heavy atom.